The average Bonchev–Trinajstić information content (AvgIpc) is 2.57. The van der Waals surface area contributed by atoms with E-state index in [1.807, 2.05) is 0 Å². The van der Waals surface area contributed by atoms with Crippen LogP contribution >= 0.6 is 0 Å². The fraction of sp³-hybridized carbons (Fsp3) is 0.833. The molecule has 2 N–H and O–H groups in total. The molecule has 0 bridgehead atoms. The topological polar surface area (TPSA) is 102 Å². The molecular weight excluding hydrogens is 326 g/mol. The zero-order valence-electron chi connectivity index (χ0n) is 15.6. The number of hydrogen-bond donors (Lipinski definition) is 2. The van der Waals surface area contributed by atoms with Crippen molar-refractivity contribution in [3.05, 3.63) is 0 Å². The summed E-state index contributed by atoms with van der Waals surface area (Å²) < 4.78 is 10.2. The summed E-state index contributed by atoms with van der Waals surface area (Å²) in [7, 11) is 1.49. The Morgan fingerprint density at radius 3 is 2.20 bits per heavy atom. The Hall–Kier alpha value is -1.63. The minimum Gasteiger partial charge on any atom is -0.479 e. The van der Waals surface area contributed by atoms with Crippen LogP contribution in [0.1, 0.15) is 59.3 Å². The number of methoxy groups -OCH3 is 1. The first-order valence-corrected chi connectivity index (χ1v) is 9.02. The Morgan fingerprint density at radius 2 is 1.72 bits per heavy atom. The maximum absolute atomic E-state index is 12.5. The van der Waals surface area contributed by atoms with Gasteiger partial charge in [-0.1, -0.05) is 46.0 Å². The fourth-order valence-electron chi connectivity index (χ4n) is 3.08. The van der Waals surface area contributed by atoms with Gasteiger partial charge in [0, 0.05) is 7.11 Å². The lowest BCUT2D eigenvalue weighted by molar-refractivity contribution is -0.165. The molecule has 0 aromatic rings. The number of rotatable bonds is 9. The van der Waals surface area contributed by atoms with E-state index < -0.39 is 30.2 Å². The van der Waals surface area contributed by atoms with Gasteiger partial charge in [0.2, 0.25) is 5.91 Å². The Labute approximate surface area is 149 Å². The third-order valence-corrected chi connectivity index (χ3v) is 4.71. The van der Waals surface area contributed by atoms with Crippen LogP contribution in [0.15, 0.2) is 0 Å². The smallest absolute Gasteiger partial charge is 0.344 e. The second-order valence-corrected chi connectivity index (χ2v) is 7.11. The van der Waals surface area contributed by atoms with Gasteiger partial charge in [0.05, 0.1) is 0 Å². The number of esters is 1. The molecule has 1 aliphatic rings. The fourth-order valence-corrected chi connectivity index (χ4v) is 3.08. The van der Waals surface area contributed by atoms with E-state index in [4.69, 9.17) is 14.6 Å². The number of carboxylic acids is 1. The molecular formula is C18H31NO6. The molecule has 25 heavy (non-hydrogen) atoms. The predicted octanol–water partition coefficient (Wildman–Crippen LogP) is 2.13. The Kier molecular flexibility index (Phi) is 8.89. The van der Waals surface area contributed by atoms with Crippen molar-refractivity contribution in [2.45, 2.75) is 77.5 Å². The van der Waals surface area contributed by atoms with Crippen LogP contribution in [0.4, 0.5) is 0 Å². The predicted molar refractivity (Wildman–Crippen MR) is 91.9 cm³/mol. The van der Waals surface area contributed by atoms with Gasteiger partial charge in [-0.25, -0.2) is 9.59 Å². The number of amides is 1. The quantitative estimate of drug-likeness (QED) is 0.613. The van der Waals surface area contributed by atoms with Gasteiger partial charge in [-0.05, 0) is 25.2 Å². The molecule has 0 aromatic heterocycles. The van der Waals surface area contributed by atoms with Gasteiger partial charge in [0.15, 0.2) is 6.10 Å². The maximum Gasteiger partial charge on any atom is 0.344 e. The second kappa shape index (κ2) is 10.4. The third-order valence-electron chi connectivity index (χ3n) is 4.71. The minimum absolute atomic E-state index is 0.232. The number of carbonyl (C=O) groups excluding carboxylic acids is 2. The van der Waals surface area contributed by atoms with Crippen LogP contribution in [0.3, 0.4) is 0 Å². The Balaban J connectivity index is 2.66. The van der Waals surface area contributed by atoms with Crippen LogP contribution in [0.2, 0.25) is 0 Å². The van der Waals surface area contributed by atoms with E-state index in [1.165, 1.54) is 33.3 Å². The molecule has 1 saturated carbocycles. The lowest BCUT2D eigenvalue weighted by Gasteiger charge is -2.27. The van der Waals surface area contributed by atoms with Gasteiger partial charge in [0.25, 0.3) is 0 Å². The van der Waals surface area contributed by atoms with Crippen molar-refractivity contribution in [2.24, 2.45) is 11.8 Å². The van der Waals surface area contributed by atoms with Crippen molar-refractivity contribution in [3.8, 4) is 0 Å². The summed E-state index contributed by atoms with van der Waals surface area (Å²) in [4.78, 5) is 35.6. The van der Waals surface area contributed by atoms with Gasteiger partial charge in [-0.2, -0.15) is 0 Å². The third kappa shape index (κ3) is 7.02. The normalized spacial score (nSPS) is 19.1. The maximum atomic E-state index is 12.5. The highest BCUT2D eigenvalue weighted by molar-refractivity contribution is 5.88. The van der Waals surface area contributed by atoms with Crippen LogP contribution in [-0.4, -0.2) is 48.3 Å². The largest absolute Gasteiger partial charge is 0.479 e. The number of carboxylic acid groups (broad SMARTS) is 1. The molecule has 0 spiro atoms. The Bertz CT molecular complexity index is 458. The van der Waals surface area contributed by atoms with E-state index in [2.05, 4.69) is 5.32 Å². The van der Waals surface area contributed by atoms with E-state index in [0.717, 1.165) is 12.8 Å². The Morgan fingerprint density at radius 1 is 1.12 bits per heavy atom. The molecule has 0 radical (unpaired) electrons. The summed E-state index contributed by atoms with van der Waals surface area (Å²) in [5.41, 5.74) is 0. The van der Waals surface area contributed by atoms with Gasteiger partial charge in [-0.3, -0.25) is 4.79 Å². The molecule has 7 heteroatoms. The van der Waals surface area contributed by atoms with Crippen molar-refractivity contribution in [1.29, 1.82) is 0 Å². The lowest BCUT2D eigenvalue weighted by Crippen LogP contribution is -2.50. The molecule has 1 amide bonds. The molecule has 0 aliphatic heterocycles. The van der Waals surface area contributed by atoms with Gasteiger partial charge in [-0.15, -0.1) is 0 Å². The van der Waals surface area contributed by atoms with Gasteiger partial charge < -0.3 is 19.9 Å². The molecule has 1 fully saturated rings. The summed E-state index contributed by atoms with van der Waals surface area (Å²) in [6.45, 7) is 4.81. The van der Waals surface area contributed by atoms with Crippen molar-refractivity contribution in [2.75, 3.05) is 7.11 Å². The monoisotopic (exact) mass is 357 g/mol. The number of hydrogen-bond acceptors (Lipinski definition) is 5. The highest BCUT2D eigenvalue weighted by Gasteiger charge is 2.32. The van der Waals surface area contributed by atoms with Crippen molar-refractivity contribution in [1.82, 2.24) is 5.32 Å². The van der Waals surface area contributed by atoms with E-state index in [0.29, 0.717) is 12.3 Å². The highest BCUT2D eigenvalue weighted by Crippen LogP contribution is 2.28. The zero-order valence-corrected chi connectivity index (χ0v) is 15.6. The van der Waals surface area contributed by atoms with Crippen molar-refractivity contribution >= 4 is 17.8 Å². The summed E-state index contributed by atoms with van der Waals surface area (Å²) in [5, 5.41) is 11.5. The van der Waals surface area contributed by atoms with E-state index >= 15 is 0 Å². The van der Waals surface area contributed by atoms with Crippen molar-refractivity contribution in [3.63, 3.8) is 0 Å². The standard InChI is InChI=1S/C18H31NO6/c1-11(2)15(18(23)25-12(3)17(21)22)19-16(20)14(24-4)10-13-8-6-5-7-9-13/h11-15H,5-10H2,1-4H3,(H,19,20)(H,21,22)/t12-,14+,15+/m0/s1. The molecule has 0 saturated heterocycles. The summed E-state index contributed by atoms with van der Waals surface area (Å²) in [6, 6.07) is -0.904. The van der Waals surface area contributed by atoms with E-state index in [-0.39, 0.29) is 11.8 Å². The van der Waals surface area contributed by atoms with E-state index in [9.17, 15) is 14.4 Å². The summed E-state index contributed by atoms with van der Waals surface area (Å²) in [6.07, 6.45) is 4.54. The first-order valence-electron chi connectivity index (χ1n) is 9.02. The molecule has 0 heterocycles. The molecule has 1 aliphatic carbocycles. The number of ether oxygens (including phenoxy) is 2. The molecule has 0 aromatic carbocycles. The van der Waals surface area contributed by atoms with Gasteiger partial charge in [0.1, 0.15) is 12.1 Å². The lowest BCUT2D eigenvalue weighted by atomic mass is 9.85. The van der Waals surface area contributed by atoms with Crippen LogP contribution in [-0.2, 0) is 23.9 Å². The molecule has 1 rings (SSSR count). The van der Waals surface area contributed by atoms with Crippen LogP contribution < -0.4 is 5.32 Å². The molecule has 3 atom stereocenters. The molecule has 0 unspecified atom stereocenters. The van der Waals surface area contributed by atoms with Crippen molar-refractivity contribution < 1.29 is 29.0 Å². The summed E-state index contributed by atoms with van der Waals surface area (Å²) >= 11 is 0. The van der Waals surface area contributed by atoms with Crippen LogP contribution in [0.25, 0.3) is 0 Å². The highest BCUT2D eigenvalue weighted by atomic mass is 16.6. The minimum atomic E-state index is -1.26. The van der Waals surface area contributed by atoms with Crippen LogP contribution in [0, 0.1) is 11.8 Å². The molecule has 144 valence electrons. The SMILES string of the molecule is CO[C@H](CC1CCCCC1)C(=O)N[C@@H](C(=O)O[C@@H](C)C(=O)O)C(C)C. The second-order valence-electron chi connectivity index (χ2n) is 7.11. The zero-order chi connectivity index (χ0) is 19.0. The number of nitrogens with one attached hydrogen (secondary N) is 1. The molecule has 7 nitrogen and oxygen atoms in total. The average molecular weight is 357 g/mol. The number of carbonyl (C=O) groups is 3. The summed E-state index contributed by atoms with van der Waals surface area (Å²) in [5.74, 6) is -2.10. The van der Waals surface area contributed by atoms with Crippen LogP contribution in [0.5, 0.6) is 0 Å². The first-order chi connectivity index (χ1) is 11.8. The van der Waals surface area contributed by atoms with Gasteiger partial charge >= 0.3 is 11.9 Å². The first kappa shape index (κ1) is 21.4. The van der Waals surface area contributed by atoms with E-state index in [1.54, 1.807) is 13.8 Å². The number of aliphatic carboxylic acids is 1.